The van der Waals surface area contributed by atoms with Crippen LogP contribution in [0.4, 0.5) is 0 Å². The normalized spacial score (nSPS) is 11.6. The molecular weight excluding hydrogens is 315 g/mol. The fourth-order valence-electron chi connectivity index (χ4n) is 2.43. The smallest absolute Gasteiger partial charge is 0.325 e. The number of hydrogen-bond donors (Lipinski definition) is 2. The Morgan fingerprint density at radius 1 is 0.826 bits per heavy atom. The molecule has 0 saturated carbocycles. The van der Waals surface area contributed by atoms with Gasteiger partial charge in [0.2, 0.25) is 0 Å². The van der Waals surface area contributed by atoms with Crippen molar-refractivity contribution in [1.29, 1.82) is 0 Å². The van der Waals surface area contributed by atoms with Gasteiger partial charge in [0.25, 0.3) is 0 Å². The van der Waals surface area contributed by atoms with Crippen LogP contribution in [0.5, 0.6) is 0 Å². The lowest BCUT2D eigenvalue weighted by Gasteiger charge is -2.06. The molecule has 0 saturated heterocycles. The summed E-state index contributed by atoms with van der Waals surface area (Å²) < 4.78 is 15.8. The fraction of sp³-hybridized carbons (Fsp3) is 0.941. The Kier molecular flexibility index (Phi) is 14.9. The molecule has 0 aliphatic rings. The van der Waals surface area contributed by atoms with Gasteiger partial charge in [0.05, 0.1) is 6.61 Å². The molecule has 0 aromatic heterocycles. The maximum atomic E-state index is 11.4. The van der Waals surface area contributed by atoms with Crippen LogP contribution in [-0.2, 0) is 14.1 Å². The van der Waals surface area contributed by atoms with Gasteiger partial charge >= 0.3 is 13.6 Å². The number of hydrogen-bond acceptors (Lipinski definition) is 3. The summed E-state index contributed by atoms with van der Waals surface area (Å²) in [4.78, 5) is 28.8. The Labute approximate surface area is 141 Å². The van der Waals surface area contributed by atoms with Gasteiger partial charge in [-0.25, -0.2) is 0 Å². The highest BCUT2D eigenvalue weighted by molar-refractivity contribution is 7.51. The summed E-state index contributed by atoms with van der Waals surface area (Å²) >= 11 is 0. The molecule has 0 aliphatic heterocycles. The summed E-state index contributed by atoms with van der Waals surface area (Å²) in [6, 6.07) is 0. The Bertz CT molecular complexity index is 327. The lowest BCUT2D eigenvalue weighted by molar-refractivity contribution is -0.143. The van der Waals surface area contributed by atoms with Crippen LogP contribution >= 0.6 is 7.60 Å². The van der Waals surface area contributed by atoms with Crippen molar-refractivity contribution in [2.75, 3.05) is 12.8 Å². The van der Waals surface area contributed by atoms with Gasteiger partial charge in [0.15, 0.2) is 0 Å². The van der Waals surface area contributed by atoms with Crippen molar-refractivity contribution in [2.24, 2.45) is 0 Å². The van der Waals surface area contributed by atoms with Crippen molar-refractivity contribution in [3.8, 4) is 0 Å². The molecule has 2 N–H and O–H groups in total. The molecule has 0 aromatic rings. The van der Waals surface area contributed by atoms with Crippen LogP contribution in [0.25, 0.3) is 0 Å². The molecule has 0 spiro atoms. The summed E-state index contributed by atoms with van der Waals surface area (Å²) in [6.07, 6.45) is 13.4. The zero-order valence-electron chi connectivity index (χ0n) is 14.7. The van der Waals surface area contributed by atoms with Crippen LogP contribution in [0.1, 0.15) is 90.4 Å². The highest BCUT2D eigenvalue weighted by Gasteiger charge is 2.12. The first-order chi connectivity index (χ1) is 11.0. The van der Waals surface area contributed by atoms with Gasteiger partial charge in [-0.15, -0.1) is 0 Å². The van der Waals surface area contributed by atoms with Crippen LogP contribution in [0.3, 0.4) is 0 Å². The Hall–Kier alpha value is -0.380. The van der Waals surface area contributed by atoms with Gasteiger partial charge in [0.1, 0.15) is 0 Å². The lowest BCUT2D eigenvalue weighted by atomic mass is 10.1. The molecule has 6 heteroatoms. The number of esters is 1. The van der Waals surface area contributed by atoms with Gasteiger partial charge in [-0.1, -0.05) is 64.7 Å². The zero-order chi connectivity index (χ0) is 17.4. The van der Waals surface area contributed by atoms with Crippen molar-refractivity contribution in [3.63, 3.8) is 0 Å². The molecule has 138 valence electrons. The first-order valence-electron chi connectivity index (χ1n) is 9.16. The van der Waals surface area contributed by atoms with E-state index in [2.05, 4.69) is 6.92 Å². The van der Waals surface area contributed by atoms with E-state index in [1.54, 1.807) is 0 Å². The standard InChI is InChI=1S/C17H35O5P/c1-2-3-4-5-6-7-8-9-10-12-15-22-17(18)14-11-13-16-23(19,20)21/h2-16H2,1H3,(H2,19,20,21). The zero-order valence-corrected chi connectivity index (χ0v) is 15.6. The van der Waals surface area contributed by atoms with Gasteiger partial charge in [-0.2, -0.15) is 0 Å². The lowest BCUT2D eigenvalue weighted by Crippen LogP contribution is -2.06. The van der Waals surface area contributed by atoms with Crippen molar-refractivity contribution in [2.45, 2.75) is 90.4 Å². The third-order valence-electron chi connectivity index (χ3n) is 3.84. The third-order valence-corrected chi connectivity index (χ3v) is 4.74. The Morgan fingerprint density at radius 3 is 1.87 bits per heavy atom. The van der Waals surface area contributed by atoms with E-state index >= 15 is 0 Å². The fourth-order valence-corrected chi connectivity index (χ4v) is 3.07. The molecule has 0 unspecified atom stereocenters. The van der Waals surface area contributed by atoms with Gasteiger partial charge in [0, 0.05) is 12.6 Å². The molecule has 0 aliphatic carbocycles. The highest BCUT2D eigenvalue weighted by Crippen LogP contribution is 2.35. The van der Waals surface area contributed by atoms with E-state index in [0.29, 0.717) is 19.4 Å². The van der Waals surface area contributed by atoms with Crippen LogP contribution in [0.2, 0.25) is 0 Å². The average Bonchev–Trinajstić information content (AvgIpc) is 2.48. The summed E-state index contributed by atoms with van der Waals surface area (Å²) in [7, 11) is -3.93. The topological polar surface area (TPSA) is 83.8 Å². The quantitative estimate of drug-likeness (QED) is 0.237. The molecule has 0 radical (unpaired) electrons. The largest absolute Gasteiger partial charge is 0.466 e. The molecule has 0 bridgehead atoms. The van der Waals surface area contributed by atoms with Gasteiger partial charge < -0.3 is 14.5 Å². The van der Waals surface area contributed by atoms with Crippen LogP contribution in [0, 0.1) is 0 Å². The molecule has 0 amide bonds. The van der Waals surface area contributed by atoms with E-state index < -0.39 is 7.60 Å². The molecule has 0 heterocycles. The predicted molar refractivity (Wildman–Crippen MR) is 93.6 cm³/mol. The van der Waals surface area contributed by atoms with Crippen LogP contribution in [0.15, 0.2) is 0 Å². The van der Waals surface area contributed by atoms with Crippen LogP contribution in [-0.4, -0.2) is 28.5 Å². The molecule has 0 atom stereocenters. The summed E-state index contributed by atoms with van der Waals surface area (Å²) in [5.41, 5.74) is 0. The Balaban J connectivity index is 3.22. The number of carbonyl (C=O) groups is 1. The molecule has 23 heavy (non-hydrogen) atoms. The second-order valence-corrected chi connectivity index (χ2v) is 8.02. The molecule has 0 aromatic carbocycles. The van der Waals surface area contributed by atoms with Crippen molar-refractivity contribution < 1.29 is 23.9 Å². The molecular formula is C17H35O5P. The molecule has 0 rings (SSSR count). The van der Waals surface area contributed by atoms with E-state index in [1.807, 2.05) is 0 Å². The first kappa shape index (κ1) is 22.6. The van der Waals surface area contributed by atoms with E-state index in [9.17, 15) is 9.36 Å². The van der Waals surface area contributed by atoms with Gasteiger partial charge in [-0.05, 0) is 19.3 Å². The minimum absolute atomic E-state index is 0.154. The number of carbonyl (C=O) groups excluding carboxylic acids is 1. The number of unbranched alkanes of at least 4 members (excludes halogenated alkanes) is 10. The summed E-state index contributed by atoms with van der Waals surface area (Å²) in [5.74, 6) is -0.258. The first-order valence-corrected chi connectivity index (χ1v) is 11.0. The molecule has 5 nitrogen and oxygen atoms in total. The maximum Gasteiger partial charge on any atom is 0.325 e. The van der Waals surface area contributed by atoms with Crippen molar-refractivity contribution >= 4 is 13.6 Å². The predicted octanol–water partition coefficient (Wildman–Crippen LogP) is 4.80. The Morgan fingerprint density at radius 2 is 1.35 bits per heavy atom. The van der Waals surface area contributed by atoms with E-state index in [0.717, 1.165) is 12.8 Å². The van der Waals surface area contributed by atoms with Gasteiger partial charge in [-0.3, -0.25) is 9.36 Å². The highest BCUT2D eigenvalue weighted by atomic mass is 31.2. The molecule has 0 fully saturated rings. The monoisotopic (exact) mass is 350 g/mol. The van der Waals surface area contributed by atoms with Crippen molar-refractivity contribution in [3.05, 3.63) is 0 Å². The SMILES string of the molecule is CCCCCCCCCCCCOC(=O)CCCCP(=O)(O)O. The van der Waals surface area contributed by atoms with E-state index in [4.69, 9.17) is 14.5 Å². The van der Waals surface area contributed by atoms with E-state index in [1.165, 1.54) is 51.4 Å². The number of ether oxygens (including phenoxy) is 1. The summed E-state index contributed by atoms with van der Waals surface area (Å²) in [5, 5.41) is 0. The second kappa shape index (κ2) is 15.2. The minimum atomic E-state index is -3.93. The number of rotatable bonds is 16. The minimum Gasteiger partial charge on any atom is -0.466 e. The van der Waals surface area contributed by atoms with E-state index in [-0.39, 0.29) is 18.6 Å². The van der Waals surface area contributed by atoms with Crippen molar-refractivity contribution in [1.82, 2.24) is 0 Å². The summed E-state index contributed by atoms with van der Waals surface area (Å²) in [6.45, 7) is 2.70. The second-order valence-electron chi connectivity index (χ2n) is 6.25. The van der Waals surface area contributed by atoms with Crippen LogP contribution < -0.4 is 0 Å². The third kappa shape index (κ3) is 19.6. The average molecular weight is 350 g/mol. The maximum absolute atomic E-state index is 11.4.